The number of fused-ring (bicyclic) bond motifs is 2. The van der Waals surface area contributed by atoms with E-state index in [9.17, 15) is 0 Å². The van der Waals surface area contributed by atoms with E-state index in [-0.39, 0.29) is 0 Å². The molecule has 3 heteroatoms. The number of hydrogen-bond acceptors (Lipinski definition) is 3. The maximum atomic E-state index is 2.98. The van der Waals surface area contributed by atoms with Crippen LogP contribution in [0.2, 0.25) is 0 Å². The Bertz CT molecular complexity index is 423. The molecule has 0 aromatic heterocycles. The molecule has 0 aromatic carbocycles. The monoisotopic (exact) mass is 347 g/mol. The van der Waals surface area contributed by atoms with Crippen LogP contribution in [-0.2, 0) is 0 Å². The van der Waals surface area contributed by atoms with Crippen molar-refractivity contribution in [1.82, 2.24) is 14.7 Å². The molecule has 1 aliphatic carbocycles. The highest BCUT2D eigenvalue weighted by Gasteiger charge is 2.48. The van der Waals surface area contributed by atoms with E-state index in [4.69, 9.17) is 0 Å². The lowest BCUT2D eigenvalue weighted by Gasteiger charge is -2.44. The molecule has 3 atom stereocenters. The first kappa shape index (κ1) is 18.3. The summed E-state index contributed by atoms with van der Waals surface area (Å²) in [6, 6.07) is 2.57. The zero-order chi connectivity index (χ0) is 17.4. The fourth-order valence-corrected chi connectivity index (χ4v) is 6.20. The minimum atomic E-state index is 0.721. The molecule has 144 valence electrons. The first-order chi connectivity index (χ1) is 12.1. The van der Waals surface area contributed by atoms with Gasteiger partial charge in [-0.2, -0.15) is 0 Å². The minimum absolute atomic E-state index is 0.721. The number of rotatable bonds is 7. The third kappa shape index (κ3) is 4.09. The Hall–Kier alpha value is -0.120. The molecule has 2 bridgehead atoms. The van der Waals surface area contributed by atoms with Gasteiger partial charge < -0.3 is 4.90 Å². The largest absolute Gasteiger partial charge is 0.301 e. The number of hydrogen-bond donors (Lipinski definition) is 0. The van der Waals surface area contributed by atoms with Crippen LogP contribution in [0.15, 0.2) is 0 Å². The van der Waals surface area contributed by atoms with Crippen LogP contribution >= 0.6 is 0 Å². The Morgan fingerprint density at radius 3 is 2.12 bits per heavy atom. The van der Waals surface area contributed by atoms with E-state index in [1.807, 2.05) is 0 Å². The quantitative estimate of drug-likeness (QED) is 0.693. The van der Waals surface area contributed by atoms with Crippen LogP contribution in [0.4, 0.5) is 0 Å². The molecular weight excluding hydrogens is 306 g/mol. The molecule has 0 N–H and O–H groups in total. The Balaban J connectivity index is 1.26. The van der Waals surface area contributed by atoms with Gasteiger partial charge in [0.2, 0.25) is 0 Å². The van der Waals surface area contributed by atoms with Crippen molar-refractivity contribution >= 4 is 0 Å². The van der Waals surface area contributed by atoms with Crippen LogP contribution in [0.5, 0.6) is 0 Å². The molecule has 0 spiro atoms. The van der Waals surface area contributed by atoms with E-state index >= 15 is 0 Å². The van der Waals surface area contributed by atoms with Crippen molar-refractivity contribution in [2.75, 3.05) is 39.3 Å². The first-order valence-corrected chi connectivity index (χ1v) is 11.3. The van der Waals surface area contributed by atoms with Crippen molar-refractivity contribution in [2.24, 2.45) is 11.3 Å². The van der Waals surface area contributed by atoms with Gasteiger partial charge in [-0.3, -0.25) is 9.80 Å². The van der Waals surface area contributed by atoms with Crippen molar-refractivity contribution in [3.05, 3.63) is 0 Å². The van der Waals surface area contributed by atoms with Gasteiger partial charge in [0.1, 0.15) is 0 Å². The van der Waals surface area contributed by atoms with Crippen LogP contribution in [0.3, 0.4) is 0 Å². The molecule has 4 rings (SSSR count). The molecule has 4 fully saturated rings. The molecular formula is C22H41N3. The van der Waals surface area contributed by atoms with E-state index in [0.29, 0.717) is 0 Å². The fraction of sp³-hybridized carbons (Fsp3) is 1.00. The molecule has 3 saturated heterocycles. The van der Waals surface area contributed by atoms with Crippen LogP contribution in [-0.4, -0.2) is 72.1 Å². The third-order valence-corrected chi connectivity index (χ3v) is 7.89. The summed E-state index contributed by atoms with van der Waals surface area (Å²) in [5.74, 6) is 0.973. The number of nitrogens with zero attached hydrogens (tertiary/aromatic N) is 3. The predicted molar refractivity (Wildman–Crippen MR) is 106 cm³/mol. The zero-order valence-corrected chi connectivity index (χ0v) is 17.1. The summed E-state index contributed by atoms with van der Waals surface area (Å²) in [6.45, 7) is 15.0. The molecule has 3 nitrogen and oxygen atoms in total. The molecule has 0 aromatic rings. The highest BCUT2D eigenvalue weighted by Crippen LogP contribution is 2.52. The van der Waals surface area contributed by atoms with Crippen molar-refractivity contribution in [3.63, 3.8) is 0 Å². The SMILES string of the molecule is CCCC1(CN2[C@@H]3CC[C@H]2C[C@H](CN2CCN(C(C)C)CC2)C3)CC1. The van der Waals surface area contributed by atoms with E-state index in [2.05, 4.69) is 35.5 Å². The molecule has 0 unspecified atom stereocenters. The Labute approximate surface area is 156 Å². The average Bonchev–Trinajstić information content (AvgIpc) is 3.30. The van der Waals surface area contributed by atoms with Crippen molar-refractivity contribution in [1.29, 1.82) is 0 Å². The summed E-state index contributed by atoms with van der Waals surface area (Å²) in [5.41, 5.74) is 0.746. The van der Waals surface area contributed by atoms with Gasteiger partial charge in [-0.15, -0.1) is 0 Å². The number of piperazine rings is 1. The topological polar surface area (TPSA) is 9.72 Å². The minimum Gasteiger partial charge on any atom is -0.301 e. The van der Waals surface area contributed by atoms with Gasteiger partial charge in [-0.1, -0.05) is 13.3 Å². The Morgan fingerprint density at radius 2 is 1.60 bits per heavy atom. The van der Waals surface area contributed by atoms with E-state index in [1.165, 1.54) is 90.6 Å². The smallest absolute Gasteiger partial charge is 0.0113 e. The van der Waals surface area contributed by atoms with Crippen molar-refractivity contribution < 1.29 is 0 Å². The summed E-state index contributed by atoms with van der Waals surface area (Å²) in [5, 5.41) is 0. The van der Waals surface area contributed by atoms with E-state index < -0.39 is 0 Å². The molecule has 25 heavy (non-hydrogen) atoms. The van der Waals surface area contributed by atoms with Gasteiger partial charge in [-0.25, -0.2) is 0 Å². The summed E-state index contributed by atoms with van der Waals surface area (Å²) in [4.78, 5) is 8.40. The lowest BCUT2D eigenvalue weighted by Crippen LogP contribution is -2.52. The fourth-order valence-electron chi connectivity index (χ4n) is 6.20. The molecule has 3 heterocycles. The van der Waals surface area contributed by atoms with E-state index in [0.717, 1.165) is 29.5 Å². The van der Waals surface area contributed by atoms with Crippen molar-refractivity contribution in [2.45, 2.75) is 90.3 Å². The standard InChI is InChI=1S/C22H41N3/c1-4-7-22(8-9-22)17-25-20-5-6-21(25)15-19(14-20)16-23-10-12-24(13-11-23)18(2)3/h18-21H,4-17H2,1-3H3/t19-,20-,21+. The normalized spacial score (nSPS) is 36.2. The lowest BCUT2D eigenvalue weighted by molar-refractivity contribution is 0.0468. The predicted octanol–water partition coefficient (Wildman–Crippen LogP) is 3.84. The molecule has 0 radical (unpaired) electrons. The summed E-state index contributed by atoms with van der Waals surface area (Å²) < 4.78 is 0. The Kier molecular flexibility index (Phi) is 5.46. The second kappa shape index (κ2) is 7.48. The van der Waals surface area contributed by atoms with Gasteiger partial charge in [0.05, 0.1) is 0 Å². The van der Waals surface area contributed by atoms with Gasteiger partial charge in [-0.05, 0) is 70.1 Å². The second-order valence-electron chi connectivity index (χ2n) is 10.1. The first-order valence-electron chi connectivity index (χ1n) is 11.3. The highest BCUT2D eigenvalue weighted by atomic mass is 15.3. The summed E-state index contributed by atoms with van der Waals surface area (Å²) in [7, 11) is 0. The van der Waals surface area contributed by atoms with Crippen LogP contribution in [0.25, 0.3) is 0 Å². The van der Waals surface area contributed by atoms with E-state index in [1.54, 1.807) is 0 Å². The highest BCUT2D eigenvalue weighted by molar-refractivity contribution is 5.02. The average molecular weight is 348 g/mol. The van der Waals surface area contributed by atoms with Gasteiger partial charge in [0.25, 0.3) is 0 Å². The lowest BCUT2D eigenvalue weighted by atomic mass is 9.88. The van der Waals surface area contributed by atoms with Gasteiger partial charge >= 0.3 is 0 Å². The number of piperidine rings is 1. The molecule has 0 amide bonds. The van der Waals surface area contributed by atoms with Crippen LogP contribution in [0, 0.1) is 11.3 Å². The van der Waals surface area contributed by atoms with Crippen LogP contribution in [0.1, 0.15) is 72.1 Å². The third-order valence-electron chi connectivity index (χ3n) is 7.89. The maximum Gasteiger partial charge on any atom is 0.0113 e. The molecule has 4 aliphatic rings. The second-order valence-corrected chi connectivity index (χ2v) is 10.1. The summed E-state index contributed by atoms with van der Waals surface area (Å²) >= 11 is 0. The van der Waals surface area contributed by atoms with Crippen LogP contribution < -0.4 is 0 Å². The maximum absolute atomic E-state index is 2.98. The molecule has 3 aliphatic heterocycles. The van der Waals surface area contributed by atoms with Gasteiger partial charge in [0, 0.05) is 57.4 Å². The Morgan fingerprint density at radius 1 is 0.960 bits per heavy atom. The molecule has 1 saturated carbocycles. The zero-order valence-electron chi connectivity index (χ0n) is 17.1. The van der Waals surface area contributed by atoms with Crippen molar-refractivity contribution in [3.8, 4) is 0 Å². The summed E-state index contributed by atoms with van der Waals surface area (Å²) in [6.07, 6.45) is 11.8. The van der Waals surface area contributed by atoms with Gasteiger partial charge in [0.15, 0.2) is 0 Å².